The molecule has 1 aromatic carbocycles. The summed E-state index contributed by atoms with van der Waals surface area (Å²) in [4.78, 5) is 11.0. The minimum Gasteiger partial charge on any atom is -0.490 e. The lowest BCUT2D eigenvalue weighted by atomic mass is 9.99. The van der Waals surface area contributed by atoms with Gasteiger partial charge in [-0.1, -0.05) is 26.0 Å². The Bertz CT molecular complexity index is 389. The highest BCUT2D eigenvalue weighted by Gasteiger charge is 2.09. The number of carbonyl (C=O) groups excluding carboxylic acids is 1. The molecule has 1 aromatic rings. The molecule has 0 heterocycles. The number of hydrogen-bond acceptors (Lipinski definition) is 3. The van der Waals surface area contributed by atoms with Crippen molar-refractivity contribution in [3.05, 3.63) is 29.8 Å². The van der Waals surface area contributed by atoms with Gasteiger partial charge in [-0.2, -0.15) is 0 Å². The average molecular weight is 285 g/mol. The second-order valence-corrected chi connectivity index (χ2v) is 4.89. The molecule has 0 unspecified atom stereocenters. The van der Waals surface area contributed by atoms with E-state index in [4.69, 9.17) is 21.1 Å². The van der Waals surface area contributed by atoms with Gasteiger partial charge < -0.3 is 9.47 Å². The topological polar surface area (TPSA) is 35.5 Å². The molecular weight excluding hydrogens is 264 g/mol. The van der Waals surface area contributed by atoms with Gasteiger partial charge in [-0.15, -0.1) is 11.6 Å². The number of alkyl halides is 1. The fraction of sp³-hybridized carbons (Fsp3) is 0.533. The largest absolute Gasteiger partial charge is 0.490 e. The van der Waals surface area contributed by atoms with Crippen LogP contribution in [-0.2, 0) is 9.53 Å². The Kier molecular flexibility index (Phi) is 6.71. The first-order valence-electron chi connectivity index (χ1n) is 6.55. The molecule has 2 atom stereocenters. The van der Waals surface area contributed by atoms with Crippen LogP contribution in [0.4, 0.5) is 0 Å². The molecule has 4 heteroatoms. The fourth-order valence-corrected chi connectivity index (χ4v) is 1.69. The Labute approximate surface area is 119 Å². The number of carbonyl (C=O) groups is 1. The normalized spacial score (nSPS) is 13.7. The van der Waals surface area contributed by atoms with Gasteiger partial charge in [-0.25, -0.2) is 0 Å². The van der Waals surface area contributed by atoms with Crippen molar-refractivity contribution in [2.75, 3.05) is 12.5 Å². The minimum absolute atomic E-state index is 0.131. The van der Waals surface area contributed by atoms with E-state index in [-0.39, 0.29) is 12.0 Å². The molecule has 0 radical (unpaired) electrons. The highest BCUT2D eigenvalue weighted by Crippen LogP contribution is 2.21. The molecule has 1 rings (SSSR count). The van der Waals surface area contributed by atoms with Crippen molar-refractivity contribution in [2.24, 2.45) is 0 Å². The van der Waals surface area contributed by atoms with Gasteiger partial charge in [0.2, 0.25) is 0 Å². The van der Waals surface area contributed by atoms with Gasteiger partial charge in [0, 0.05) is 0 Å². The lowest BCUT2D eigenvalue weighted by molar-refractivity contribution is -0.146. The first kappa shape index (κ1) is 15.8. The Morgan fingerprint density at radius 3 is 2.42 bits per heavy atom. The molecule has 0 aliphatic rings. The van der Waals surface area contributed by atoms with E-state index >= 15 is 0 Å². The summed E-state index contributed by atoms with van der Waals surface area (Å²) in [5.74, 6) is 0.775. The number of esters is 1. The number of rotatable bonds is 7. The quantitative estimate of drug-likeness (QED) is 0.565. The smallest absolute Gasteiger partial charge is 0.321 e. The molecule has 0 amide bonds. The van der Waals surface area contributed by atoms with E-state index < -0.39 is 5.97 Å². The predicted octanol–water partition coefficient (Wildman–Crippen LogP) is 3.75. The molecule has 106 valence electrons. The Morgan fingerprint density at radius 1 is 1.26 bits per heavy atom. The lowest BCUT2D eigenvalue weighted by Crippen LogP contribution is -2.22. The van der Waals surface area contributed by atoms with Gasteiger partial charge in [0.05, 0.1) is 0 Å². The molecule has 0 saturated carbocycles. The number of benzene rings is 1. The monoisotopic (exact) mass is 284 g/mol. The second-order valence-electron chi connectivity index (χ2n) is 4.62. The summed E-state index contributed by atoms with van der Waals surface area (Å²) >= 11 is 5.36. The highest BCUT2D eigenvalue weighted by molar-refractivity contribution is 6.26. The molecule has 0 saturated heterocycles. The van der Waals surface area contributed by atoms with Crippen molar-refractivity contribution < 1.29 is 14.3 Å². The molecule has 0 spiro atoms. The van der Waals surface area contributed by atoms with E-state index in [2.05, 4.69) is 26.0 Å². The zero-order valence-electron chi connectivity index (χ0n) is 11.7. The average Bonchev–Trinajstić information content (AvgIpc) is 2.44. The van der Waals surface area contributed by atoms with Crippen LogP contribution < -0.4 is 4.74 Å². The van der Waals surface area contributed by atoms with Crippen LogP contribution >= 0.6 is 11.6 Å². The van der Waals surface area contributed by atoms with Crippen molar-refractivity contribution >= 4 is 17.6 Å². The van der Waals surface area contributed by atoms with E-state index in [1.807, 2.05) is 12.1 Å². The van der Waals surface area contributed by atoms with Crippen LogP contribution in [0, 0.1) is 0 Å². The molecule has 0 N–H and O–H groups in total. The maximum atomic E-state index is 11.0. The van der Waals surface area contributed by atoms with Gasteiger partial charge in [-0.05, 0) is 37.0 Å². The Balaban J connectivity index is 2.43. The maximum absolute atomic E-state index is 11.0. The summed E-state index contributed by atoms with van der Waals surface area (Å²) in [7, 11) is 0. The molecule has 0 fully saturated rings. The molecule has 0 aliphatic heterocycles. The first-order chi connectivity index (χ1) is 9.06. The first-order valence-corrected chi connectivity index (χ1v) is 7.08. The van der Waals surface area contributed by atoms with Crippen LogP contribution in [0.2, 0.25) is 0 Å². The number of ether oxygens (including phenoxy) is 2. The molecular formula is C15H21ClO3. The van der Waals surface area contributed by atoms with Crippen LogP contribution in [0.25, 0.3) is 0 Å². The number of hydrogen-bond donors (Lipinski definition) is 0. The van der Waals surface area contributed by atoms with E-state index in [1.54, 1.807) is 6.92 Å². The van der Waals surface area contributed by atoms with Gasteiger partial charge in [0.25, 0.3) is 0 Å². The van der Waals surface area contributed by atoms with E-state index in [9.17, 15) is 4.79 Å². The van der Waals surface area contributed by atoms with Crippen molar-refractivity contribution in [1.82, 2.24) is 0 Å². The van der Waals surface area contributed by atoms with E-state index in [1.165, 1.54) is 5.56 Å². The van der Waals surface area contributed by atoms with E-state index in [0.29, 0.717) is 12.5 Å². The molecule has 0 bridgehead atoms. The second kappa shape index (κ2) is 8.05. The third kappa shape index (κ3) is 5.52. The molecule has 3 nitrogen and oxygen atoms in total. The zero-order valence-corrected chi connectivity index (χ0v) is 12.4. The minimum atomic E-state index is -0.426. The summed E-state index contributed by atoms with van der Waals surface area (Å²) in [6.07, 6.45) is 0.812. The van der Waals surface area contributed by atoms with Crippen LogP contribution in [0.15, 0.2) is 24.3 Å². The SMILES string of the molecule is CC[C@H](C)c1ccc(OC[C@@H](C)OC(=O)CCl)cc1. The third-order valence-corrected chi connectivity index (χ3v) is 3.21. The summed E-state index contributed by atoms with van der Waals surface area (Å²) in [5.41, 5.74) is 1.30. The van der Waals surface area contributed by atoms with Crippen molar-refractivity contribution in [2.45, 2.75) is 39.2 Å². The molecule has 19 heavy (non-hydrogen) atoms. The Hall–Kier alpha value is -1.22. The summed E-state index contributed by atoms with van der Waals surface area (Å²) in [6, 6.07) is 8.02. The fourth-order valence-electron chi connectivity index (χ4n) is 1.63. The number of halogens is 1. The summed E-state index contributed by atoms with van der Waals surface area (Å²) in [5, 5.41) is 0. The lowest BCUT2D eigenvalue weighted by Gasteiger charge is -2.14. The van der Waals surface area contributed by atoms with Crippen LogP contribution in [0.3, 0.4) is 0 Å². The van der Waals surface area contributed by atoms with Gasteiger partial charge in [0.15, 0.2) is 0 Å². The van der Waals surface area contributed by atoms with Crippen molar-refractivity contribution in [3.8, 4) is 5.75 Å². The molecule has 0 aliphatic carbocycles. The summed E-state index contributed by atoms with van der Waals surface area (Å²) < 4.78 is 10.6. The third-order valence-electron chi connectivity index (χ3n) is 2.99. The predicted molar refractivity (Wildman–Crippen MR) is 76.9 cm³/mol. The van der Waals surface area contributed by atoms with Crippen LogP contribution in [0.5, 0.6) is 5.75 Å². The van der Waals surface area contributed by atoms with Crippen LogP contribution in [0.1, 0.15) is 38.7 Å². The van der Waals surface area contributed by atoms with Gasteiger partial charge in [-0.3, -0.25) is 4.79 Å². The summed E-state index contributed by atoms with van der Waals surface area (Å²) in [6.45, 7) is 6.47. The highest BCUT2D eigenvalue weighted by atomic mass is 35.5. The zero-order chi connectivity index (χ0) is 14.3. The van der Waals surface area contributed by atoms with Crippen molar-refractivity contribution in [1.29, 1.82) is 0 Å². The van der Waals surface area contributed by atoms with Gasteiger partial charge in [0.1, 0.15) is 24.3 Å². The van der Waals surface area contributed by atoms with E-state index in [0.717, 1.165) is 12.2 Å². The van der Waals surface area contributed by atoms with Gasteiger partial charge >= 0.3 is 5.97 Å². The maximum Gasteiger partial charge on any atom is 0.321 e. The van der Waals surface area contributed by atoms with Crippen LogP contribution in [-0.4, -0.2) is 24.6 Å². The Morgan fingerprint density at radius 2 is 1.89 bits per heavy atom. The standard InChI is InChI=1S/C15H21ClO3/c1-4-11(2)13-5-7-14(8-6-13)18-10-12(3)19-15(17)9-16/h5-8,11-12H,4,9-10H2,1-3H3/t11-,12+/m0/s1. The van der Waals surface area contributed by atoms with Crippen molar-refractivity contribution in [3.63, 3.8) is 0 Å². The molecule has 0 aromatic heterocycles.